The Labute approximate surface area is 70.5 Å². The highest BCUT2D eigenvalue weighted by Gasteiger charge is 2.34. The maximum atomic E-state index is 5.88. The summed E-state index contributed by atoms with van der Waals surface area (Å²) in [5, 5.41) is 2.08. The molecule has 1 fully saturated rings. The Morgan fingerprint density at radius 3 is 2.91 bits per heavy atom. The third kappa shape index (κ3) is 1.70. The summed E-state index contributed by atoms with van der Waals surface area (Å²) in [6, 6.07) is 4.16. The van der Waals surface area contributed by atoms with Gasteiger partial charge in [0, 0.05) is 10.4 Å². The van der Waals surface area contributed by atoms with Crippen molar-refractivity contribution < 1.29 is 0 Å². The summed E-state index contributed by atoms with van der Waals surface area (Å²) in [7, 11) is 0. The molecule has 0 spiro atoms. The summed E-state index contributed by atoms with van der Waals surface area (Å²) in [6.45, 7) is 0. The Morgan fingerprint density at radius 1 is 1.55 bits per heavy atom. The maximum Gasteiger partial charge on any atom is 0.0344 e. The second-order valence-electron chi connectivity index (χ2n) is 3.08. The fourth-order valence-electron chi connectivity index (χ4n) is 0.945. The van der Waals surface area contributed by atoms with Gasteiger partial charge in [-0.05, 0) is 30.4 Å². The van der Waals surface area contributed by atoms with Gasteiger partial charge in [-0.3, -0.25) is 0 Å². The normalized spacial score (nSPS) is 20.8. The zero-order valence-electron chi connectivity index (χ0n) is 6.29. The van der Waals surface area contributed by atoms with Gasteiger partial charge in [-0.1, -0.05) is 12.1 Å². The van der Waals surface area contributed by atoms with Crippen LogP contribution in [0.4, 0.5) is 0 Å². The Bertz CT molecular complexity index is 257. The summed E-state index contributed by atoms with van der Waals surface area (Å²) in [6.07, 6.45) is 6.54. The fraction of sp³-hybridized carbons (Fsp3) is 0.333. The van der Waals surface area contributed by atoms with Gasteiger partial charge in [0.1, 0.15) is 0 Å². The minimum atomic E-state index is 0.0456. The van der Waals surface area contributed by atoms with Gasteiger partial charge in [-0.2, -0.15) is 0 Å². The number of thiophene rings is 1. The first-order chi connectivity index (χ1) is 5.29. The third-order valence-electron chi connectivity index (χ3n) is 1.95. The van der Waals surface area contributed by atoms with Gasteiger partial charge in [-0.25, -0.2) is 0 Å². The zero-order valence-corrected chi connectivity index (χ0v) is 7.10. The molecule has 0 atom stereocenters. The fourth-order valence-corrected chi connectivity index (χ4v) is 1.56. The topological polar surface area (TPSA) is 26.0 Å². The van der Waals surface area contributed by atoms with Crippen molar-refractivity contribution in [2.75, 3.05) is 0 Å². The van der Waals surface area contributed by atoms with Crippen LogP contribution in [0.1, 0.15) is 17.7 Å². The lowest BCUT2D eigenvalue weighted by molar-refractivity contribution is 0.861. The van der Waals surface area contributed by atoms with Gasteiger partial charge >= 0.3 is 0 Å². The van der Waals surface area contributed by atoms with Crippen LogP contribution in [0.2, 0.25) is 0 Å². The van der Waals surface area contributed by atoms with E-state index in [1.165, 1.54) is 4.88 Å². The summed E-state index contributed by atoms with van der Waals surface area (Å²) >= 11 is 1.75. The van der Waals surface area contributed by atoms with Crippen LogP contribution in [0, 0.1) is 0 Å². The average Bonchev–Trinajstić information content (AvgIpc) is 2.53. The summed E-state index contributed by atoms with van der Waals surface area (Å²) in [5.41, 5.74) is 5.93. The molecule has 1 nitrogen and oxygen atoms in total. The smallest absolute Gasteiger partial charge is 0.0344 e. The molecule has 0 saturated heterocycles. The van der Waals surface area contributed by atoms with Crippen LogP contribution in [-0.2, 0) is 0 Å². The molecule has 0 aliphatic heterocycles. The lowest BCUT2D eigenvalue weighted by atomic mass is 10.2. The molecular formula is C9H11NS. The van der Waals surface area contributed by atoms with Gasteiger partial charge in [-0.15, -0.1) is 11.3 Å². The molecule has 11 heavy (non-hydrogen) atoms. The van der Waals surface area contributed by atoms with E-state index in [1.807, 2.05) is 0 Å². The number of rotatable bonds is 2. The van der Waals surface area contributed by atoms with Crippen LogP contribution in [-0.4, -0.2) is 5.54 Å². The molecule has 1 saturated carbocycles. The van der Waals surface area contributed by atoms with Crippen molar-refractivity contribution in [3.8, 4) is 0 Å². The lowest BCUT2D eigenvalue weighted by Gasteiger charge is -1.96. The molecule has 1 aliphatic rings. The van der Waals surface area contributed by atoms with Crippen LogP contribution in [0.15, 0.2) is 23.6 Å². The van der Waals surface area contributed by atoms with E-state index in [0.717, 1.165) is 12.8 Å². The maximum absolute atomic E-state index is 5.88. The second-order valence-corrected chi connectivity index (χ2v) is 4.06. The van der Waals surface area contributed by atoms with Gasteiger partial charge in [0.25, 0.3) is 0 Å². The Hall–Kier alpha value is -0.600. The number of hydrogen-bond donors (Lipinski definition) is 1. The summed E-state index contributed by atoms with van der Waals surface area (Å²) in [4.78, 5) is 1.29. The Balaban J connectivity index is 2.05. The van der Waals surface area contributed by atoms with Crippen molar-refractivity contribution in [2.24, 2.45) is 5.73 Å². The monoisotopic (exact) mass is 165 g/mol. The standard InChI is InChI=1S/C9H11NS/c10-9(5-6-9)4-3-8-2-1-7-11-8/h1-4,7H,5-6,10H2/b4-3+. The van der Waals surface area contributed by atoms with Crippen molar-refractivity contribution in [2.45, 2.75) is 18.4 Å². The van der Waals surface area contributed by atoms with Crippen LogP contribution >= 0.6 is 11.3 Å². The third-order valence-corrected chi connectivity index (χ3v) is 2.79. The van der Waals surface area contributed by atoms with Gasteiger partial charge in [0.2, 0.25) is 0 Å². The lowest BCUT2D eigenvalue weighted by Crippen LogP contribution is -2.17. The number of hydrogen-bond acceptors (Lipinski definition) is 2. The average molecular weight is 165 g/mol. The van der Waals surface area contributed by atoms with Crippen molar-refractivity contribution in [1.82, 2.24) is 0 Å². The molecule has 0 amide bonds. The minimum absolute atomic E-state index is 0.0456. The van der Waals surface area contributed by atoms with Crippen LogP contribution in [0.25, 0.3) is 6.08 Å². The molecule has 0 unspecified atom stereocenters. The van der Waals surface area contributed by atoms with Crippen molar-refractivity contribution >= 4 is 17.4 Å². The van der Waals surface area contributed by atoms with Crippen LogP contribution in [0.5, 0.6) is 0 Å². The van der Waals surface area contributed by atoms with Crippen molar-refractivity contribution in [1.29, 1.82) is 0 Å². The first-order valence-corrected chi connectivity index (χ1v) is 4.68. The van der Waals surface area contributed by atoms with Crippen molar-refractivity contribution in [3.63, 3.8) is 0 Å². The van der Waals surface area contributed by atoms with E-state index in [9.17, 15) is 0 Å². The van der Waals surface area contributed by atoms with E-state index in [1.54, 1.807) is 11.3 Å². The molecule has 1 aromatic heterocycles. The van der Waals surface area contributed by atoms with Gasteiger partial charge in [0.15, 0.2) is 0 Å². The quantitative estimate of drug-likeness (QED) is 0.714. The van der Waals surface area contributed by atoms with Crippen LogP contribution < -0.4 is 5.73 Å². The molecule has 1 aromatic rings. The molecule has 0 radical (unpaired) electrons. The molecule has 58 valence electrons. The second kappa shape index (κ2) is 2.47. The SMILES string of the molecule is NC1(/C=C/c2cccs2)CC1. The van der Waals surface area contributed by atoms with Gasteiger partial charge in [0.05, 0.1) is 0 Å². The minimum Gasteiger partial charge on any atom is -0.322 e. The summed E-state index contributed by atoms with van der Waals surface area (Å²) in [5.74, 6) is 0. The summed E-state index contributed by atoms with van der Waals surface area (Å²) < 4.78 is 0. The molecule has 1 aliphatic carbocycles. The number of nitrogens with two attached hydrogens (primary N) is 1. The van der Waals surface area contributed by atoms with E-state index in [-0.39, 0.29) is 5.54 Å². The van der Waals surface area contributed by atoms with E-state index < -0.39 is 0 Å². The predicted octanol–water partition coefficient (Wildman–Crippen LogP) is 2.25. The zero-order chi connectivity index (χ0) is 7.73. The van der Waals surface area contributed by atoms with E-state index in [0.29, 0.717) is 0 Å². The Morgan fingerprint density at radius 2 is 2.36 bits per heavy atom. The van der Waals surface area contributed by atoms with Crippen molar-refractivity contribution in [3.05, 3.63) is 28.5 Å². The molecule has 1 heterocycles. The molecule has 2 heteroatoms. The molecule has 0 bridgehead atoms. The van der Waals surface area contributed by atoms with E-state index >= 15 is 0 Å². The highest BCUT2D eigenvalue weighted by Crippen LogP contribution is 2.34. The largest absolute Gasteiger partial charge is 0.322 e. The van der Waals surface area contributed by atoms with Gasteiger partial charge < -0.3 is 5.73 Å². The first-order valence-electron chi connectivity index (χ1n) is 3.80. The molecule has 2 N–H and O–H groups in total. The highest BCUT2D eigenvalue weighted by molar-refractivity contribution is 7.10. The van der Waals surface area contributed by atoms with Crippen LogP contribution in [0.3, 0.4) is 0 Å². The molecular weight excluding hydrogens is 154 g/mol. The molecule has 0 aromatic carbocycles. The highest BCUT2D eigenvalue weighted by atomic mass is 32.1. The van der Waals surface area contributed by atoms with E-state index in [2.05, 4.69) is 29.7 Å². The molecule has 2 rings (SSSR count). The first kappa shape index (κ1) is 7.07. The predicted molar refractivity (Wildman–Crippen MR) is 49.5 cm³/mol. The Kier molecular flexibility index (Phi) is 1.59. The van der Waals surface area contributed by atoms with E-state index in [4.69, 9.17) is 5.73 Å².